The molecule has 0 bridgehead atoms. The summed E-state index contributed by atoms with van der Waals surface area (Å²) in [6.45, 7) is 1.97. The Bertz CT molecular complexity index is 619. The number of hydrogen-bond acceptors (Lipinski definition) is 3. The van der Waals surface area contributed by atoms with Gasteiger partial charge in [0.1, 0.15) is 5.75 Å². The van der Waals surface area contributed by atoms with E-state index in [0.717, 1.165) is 23.1 Å². The number of rotatable bonds is 6. The Morgan fingerprint density at radius 1 is 1.50 bits per heavy atom. The van der Waals surface area contributed by atoms with Crippen LogP contribution in [-0.4, -0.2) is 35.3 Å². The van der Waals surface area contributed by atoms with Crippen LogP contribution >= 0.6 is 0 Å². The second kappa shape index (κ2) is 5.96. The third-order valence-corrected chi connectivity index (χ3v) is 3.41. The van der Waals surface area contributed by atoms with Crippen LogP contribution in [0.1, 0.15) is 12.5 Å². The monoisotopic (exact) mass is 276 g/mol. The van der Waals surface area contributed by atoms with Crippen LogP contribution in [0.5, 0.6) is 5.75 Å². The topological polar surface area (TPSA) is 63.5 Å². The van der Waals surface area contributed by atoms with Gasteiger partial charge in [0.25, 0.3) is 0 Å². The highest BCUT2D eigenvalue weighted by atomic mass is 16.5. The molecule has 0 radical (unpaired) electrons. The standard InChI is InChI=1S/C15H20N2O3/c1-10(16-8-15(18)19)6-11-9-17(2)14-5-4-12(20-3)7-13(11)14/h4-5,7,9-10,16H,6,8H2,1-3H3,(H,18,19). The van der Waals surface area contributed by atoms with Crippen molar-refractivity contribution in [1.29, 1.82) is 0 Å². The van der Waals surface area contributed by atoms with Gasteiger partial charge in [0.15, 0.2) is 0 Å². The Labute approximate surface area is 118 Å². The predicted molar refractivity (Wildman–Crippen MR) is 78.3 cm³/mol. The van der Waals surface area contributed by atoms with Crippen molar-refractivity contribution in [1.82, 2.24) is 9.88 Å². The van der Waals surface area contributed by atoms with E-state index in [-0.39, 0.29) is 12.6 Å². The SMILES string of the molecule is COc1ccc2c(c1)c(CC(C)NCC(=O)O)cn2C. The molecule has 0 fully saturated rings. The van der Waals surface area contributed by atoms with E-state index in [1.165, 1.54) is 5.56 Å². The minimum absolute atomic E-state index is 0.0186. The van der Waals surface area contributed by atoms with Crippen molar-refractivity contribution >= 4 is 16.9 Å². The van der Waals surface area contributed by atoms with E-state index in [9.17, 15) is 4.79 Å². The summed E-state index contributed by atoms with van der Waals surface area (Å²) >= 11 is 0. The lowest BCUT2D eigenvalue weighted by Crippen LogP contribution is -2.32. The summed E-state index contributed by atoms with van der Waals surface area (Å²) < 4.78 is 7.35. The number of nitrogens with one attached hydrogen (secondary N) is 1. The van der Waals surface area contributed by atoms with Crippen LogP contribution in [-0.2, 0) is 18.3 Å². The summed E-state index contributed by atoms with van der Waals surface area (Å²) in [6, 6.07) is 6.10. The number of fused-ring (bicyclic) bond motifs is 1. The van der Waals surface area contributed by atoms with Crippen LogP contribution in [0, 0.1) is 0 Å². The quantitative estimate of drug-likeness (QED) is 0.844. The van der Waals surface area contributed by atoms with Gasteiger partial charge in [-0.15, -0.1) is 0 Å². The summed E-state index contributed by atoms with van der Waals surface area (Å²) in [6.07, 6.45) is 2.86. The Balaban J connectivity index is 2.22. The summed E-state index contributed by atoms with van der Waals surface area (Å²) in [4.78, 5) is 10.6. The average Bonchev–Trinajstić information content (AvgIpc) is 2.72. The van der Waals surface area contributed by atoms with Crippen LogP contribution in [0.2, 0.25) is 0 Å². The van der Waals surface area contributed by atoms with E-state index >= 15 is 0 Å². The van der Waals surface area contributed by atoms with E-state index in [0.29, 0.717) is 0 Å². The van der Waals surface area contributed by atoms with Gasteiger partial charge in [0.2, 0.25) is 0 Å². The first-order chi connectivity index (χ1) is 9.51. The normalized spacial score (nSPS) is 12.6. The van der Waals surface area contributed by atoms with Crippen LogP contribution in [0.25, 0.3) is 10.9 Å². The molecule has 0 saturated heterocycles. The lowest BCUT2D eigenvalue weighted by Gasteiger charge is -2.11. The average molecular weight is 276 g/mol. The molecule has 0 spiro atoms. The molecule has 5 heteroatoms. The molecular formula is C15H20N2O3. The van der Waals surface area contributed by atoms with Gasteiger partial charge in [-0.2, -0.15) is 0 Å². The number of hydrogen-bond donors (Lipinski definition) is 2. The lowest BCUT2D eigenvalue weighted by atomic mass is 10.1. The Hall–Kier alpha value is -2.01. The first kappa shape index (κ1) is 14.4. The van der Waals surface area contributed by atoms with Crippen molar-refractivity contribution in [3.8, 4) is 5.75 Å². The van der Waals surface area contributed by atoms with Crippen LogP contribution in [0.3, 0.4) is 0 Å². The molecule has 5 nitrogen and oxygen atoms in total. The number of methoxy groups -OCH3 is 1. The highest BCUT2D eigenvalue weighted by Crippen LogP contribution is 2.26. The number of aliphatic carboxylic acids is 1. The van der Waals surface area contributed by atoms with Gasteiger partial charge in [-0.1, -0.05) is 0 Å². The third-order valence-electron chi connectivity index (χ3n) is 3.41. The second-order valence-electron chi connectivity index (χ2n) is 5.03. The molecule has 0 aliphatic heterocycles. The summed E-state index contributed by atoms with van der Waals surface area (Å²) in [7, 11) is 3.66. The lowest BCUT2D eigenvalue weighted by molar-refractivity contribution is -0.136. The molecule has 1 unspecified atom stereocenters. The molecule has 0 amide bonds. The Morgan fingerprint density at radius 2 is 2.25 bits per heavy atom. The highest BCUT2D eigenvalue weighted by Gasteiger charge is 2.11. The third kappa shape index (κ3) is 3.11. The Morgan fingerprint density at radius 3 is 2.90 bits per heavy atom. The number of nitrogens with zero attached hydrogens (tertiary/aromatic N) is 1. The van der Waals surface area contributed by atoms with Crippen LogP contribution < -0.4 is 10.1 Å². The van der Waals surface area contributed by atoms with Crippen molar-refractivity contribution in [2.75, 3.05) is 13.7 Å². The molecule has 108 valence electrons. The summed E-state index contributed by atoms with van der Waals surface area (Å²) in [5.74, 6) is -0.00691. The molecule has 0 aliphatic carbocycles. The van der Waals surface area contributed by atoms with Gasteiger partial charge in [-0.3, -0.25) is 4.79 Å². The number of aryl methyl sites for hydroxylation is 1. The zero-order valence-corrected chi connectivity index (χ0v) is 12.0. The number of aromatic nitrogens is 1. The molecule has 1 aromatic heterocycles. The minimum Gasteiger partial charge on any atom is -0.497 e. The van der Waals surface area contributed by atoms with Gasteiger partial charge in [-0.05, 0) is 37.1 Å². The molecule has 20 heavy (non-hydrogen) atoms. The highest BCUT2D eigenvalue weighted by molar-refractivity contribution is 5.85. The number of carboxylic acids is 1. The van der Waals surface area contributed by atoms with E-state index < -0.39 is 5.97 Å². The largest absolute Gasteiger partial charge is 0.497 e. The van der Waals surface area contributed by atoms with Crippen molar-refractivity contribution in [2.45, 2.75) is 19.4 Å². The maximum absolute atomic E-state index is 10.6. The van der Waals surface area contributed by atoms with Crippen molar-refractivity contribution in [3.63, 3.8) is 0 Å². The first-order valence-corrected chi connectivity index (χ1v) is 6.58. The Kier molecular flexibility index (Phi) is 4.29. The number of benzene rings is 1. The fraction of sp³-hybridized carbons (Fsp3) is 0.400. The van der Waals surface area contributed by atoms with E-state index in [1.807, 2.05) is 32.2 Å². The first-order valence-electron chi connectivity index (χ1n) is 6.58. The second-order valence-corrected chi connectivity index (χ2v) is 5.03. The van der Waals surface area contributed by atoms with E-state index in [4.69, 9.17) is 9.84 Å². The van der Waals surface area contributed by atoms with Gasteiger partial charge < -0.3 is 19.7 Å². The molecule has 0 saturated carbocycles. The van der Waals surface area contributed by atoms with Gasteiger partial charge in [0, 0.05) is 30.2 Å². The van der Waals surface area contributed by atoms with Crippen LogP contribution in [0.15, 0.2) is 24.4 Å². The fourth-order valence-corrected chi connectivity index (χ4v) is 2.41. The molecule has 1 aromatic carbocycles. The van der Waals surface area contributed by atoms with Crippen molar-refractivity contribution in [3.05, 3.63) is 30.0 Å². The van der Waals surface area contributed by atoms with Gasteiger partial charge >= 0.3 is 5.97 Å². The smallest absolute Gasteiger partial charge is 0.317 e. The molecule has 2 rings (SSSR count). The molecule has 1 heterocycles. The number of carboxylic acid groups (broad SMARTS) is 1. The fourth-order valence-electron chi connectivity index (χ4n) is 2.41. The van der Waals surface area contributed by atoms with E-state index in [2.05, 4.69) is 16.1 Å². The molecule has 0 aliphatic rings. The van der Waals surface area contributed by atoms with Gasteiger partial charge in [0.05, 0.1) is 13.7 Å². The maximum Gasteiger partial charge on any atom is 0.317 e. The molecule has 2 N–H and O–H groups in total. The van der Waals surface area contributed by atoms with Crippen molar-refractivity contribution in [2.24, 2.45) is 7.05 Å². The number of carbonyl (C=O) groups is 1. The molecule has 2 aromatic rings. The minimum atomic E-state index is -0.837. The van der Waals surface area contributed by atoms with Gasteiger partial charge in [-0.25, -0.2) is 0 Å². The zero-order valence-electron chi connectivity index (χ0n) is 12.0. The van der Waals surface area contributed by atoms with E-state index in [1.54, 1.807) is 7.11 Å². The summed E-state index contributed by atoms with van der Waals surface area (Å²) in [5, 5.41) is 12.8. The zero-order chi connectivity index (χ0) is 14.7. The predicted octanol–water partition coefficient (Wildman–Crippen LogP) is 1.79. The van der Waals surface area contributed by atoms with Crippen LogP contribution in [0.4, 0.5) is 0 Å². The number of ether oxygens (including phenoxy) is 1. The molecule has 1 atom stereocenters. The maximum atomic E-state index is 10.6. The summed E-state index contributed by atoms with van der Waals surface area (Å²) in [5.41, 5.74) is 2.33. The van der Waals surface area contributed by atoms with Crippen molar-refractivity contribution < 1.29 is 14.6 Å². The molecular weight excluding hydrogens is 256 g/mol.